The van der Waals surface area contributed by atoms with E-state index in [9.17, 15) is 14.4 Å². The maximum absolute atomic E-state index is 11.6. The van der Waals surface area contributed by atoms with E-state index >= 15 is 0 Å². The summed E-state index contributed by atoms with van der Waals surface area (Å²) in [4.78, 5) is 33.4. The molecular weight excluding hydrogens is 260 g/mol. The number of aliphatic carboxylic acids is 1. The number of carbonyl (C=O) groups excluding carboxylic acids is 2. The van der Waals surface area contributed by atoms with E-state index in [-0.39, 0.29) is 24.8 Å². The maximum atomic E-state index is 11.6. The summed E-state index contributed by atoms with van der Waals surface area (Å²) < 4.78 is 0. The van der Waals surface area contributed by atoms with Gasteiger partial charge in [-0.25, -0.2) is 4.79 Å². The zero-order chi connectivity index (χ0) is 15.0. The lowest BCUT2D eigenvalue weighted by Crippen LogP contribution is -2.45. The van der Waals surface area contributed by atoms with Gasteiger partial charge in [-0.3, -0.25) is 14.9 Å². The number of imide groups is 1. The van der Waals surface area contributed by atoms with Crippen LogP contribution in [0.15, 0.2) is 0 Å². The van der Waals surface area contributed by atoms with Crippen molar-refractivity contribution in [1.82, 2.24) is 10.6 Å². The molecule has 0 spiro atoms. The normalized spacial score (nSPS) is 22.1. The first-order chi connectivity index (χ1) is 9.47. The van der Waals surface area contributed by atoms with Crippen molar-refractivity contribution >= 4 is 17.9 Å². The molecule has 0 aromatic heterocycles. The number of hydrogen-bond acceptors (Lipinski definition) is 3. The van der Waals surface area contributed by atoms with Crippen molar-refractivity contribution in [1.29, 1.82) is 0 Å². The molecule has 1 aliphatic rings. The number of rotatable bonds is 6. The molecule has 6 heteroatoms. The lowest BCUT2D eigenvalue weighted by atomic mass is 9.87. The second kappa shape index (κ2) is 8.55. The third kappa shape index (κ3) is 7.11. The SMILES string of the molecule is CC1CCCC(NC(=O)NC(=O)CCCCC(=O)O)C1. The average molecular weight is 284 g/mol. The molecule has 114 valence electrons. The number of carboxylic acids is 1. The van der Waals surface area contributed by atoms with Crippen molar-refractivity contribution < 1.29 is 19.5 Å². The molecule has 3 N–H and O–H groups in total. The van der Waals surface area contributed by atoms with Crippen molar-refractivity contribution in [3.8, 4) is 0 Å². The van der Waals surface area contributed by atoms with E-state index < -0.39 is 12.0 Å². The zero-order valence-electron chi connectivity index (χ0n) is 12.0. The van der Waals surface area contributed by atoms with E-state index in [1.165, 1.54) is 6.42 Å². The highest BCUT2D eigenvalue weighted by molar-refractivity contribution is 5.94. The van der Waals surface area contributed by atoms with E-state index in [1.54, 1.807) is 0 Å². The van der Waals surface area contributed by atoms with Gasteiger partial charge in [-0.2, -0.15) is 0 Å². The summed E-state index contributed by atoms with van der Waals surface area (Å²) >= 11 is 0. The van der Waals surface area contributed by atoms with Gasteiger partial charge in [0.2, 0.25) is 5.91 Å². The van der Waals surface area contributed by atoms with E-state index in [0.29, 0.717) is 18.8 Å². The fourth-order valence-corrected chi connectivity index (χ4v) is 2.54. The maximum Gasteiger partial charge on any atom is 0.321 e. The minimum atomic E-state index is -0.866. The molecule has 6 nitrogen and oxygen atoms in total. The van der Waals surface area contributed by atoms with Gasteiger partial charge < -0.3 is 10.4 Å². The Balaban J connectivity index is 2.14. The predicted molar refractivity (Wildman–Crippen MR) is 74.2 cm³/mol. The molecule has 0 aromatic carbocycles. The molecular formula is C14H24N2O4. The van der Waals surface area contributed by atoms with Crippen LogP contribution in [0.2, 0.25) is 0 Å². The third-order valence-electron chi connectivity index (χ3n) is 3.57. The summed E-state index contributed by atoms with van der Waals surface area (Å²) in [7, 11) is 0. The van der Waals surface area contributed by atoms with Gasteiger partial charge in [0.25, 0.3) is 0 Å². The van der Waals surface area contributed by atoms with Gasteiger partial charge in [0.1, 0.15) is 0 Å². The van der Waals surface area contributed by atoms with E-state index in [2.05, 4.69) is 17.6 Å². The molecule has 2 unspecified atom stereocenters. The second-order valence-electron chi connectivity index (χ2n) is 5.59. The van der Waals surface area contributed by atoms with Crippen LogP contribution in [-0.4, -0.2) is 29.1 Å². The summed E-state index contributed by atoms with van der Waals surface area (Å²) in [5.41, 5.74) is 0. The van der Waals surface area contributed by atoms with Crippen LogP contribution in [0.1, 0.15) is 58.3 Å². The minimum Gasteiger partial charge on any atom is -0.481 e. The minimum absolute atomic E-state index is 0.0550. The number of unbranched alkanes of at least 4 members (excludes halogenated alkanes) is 1. The Morgan fingerprint density at radius 1 is 1.15 bits per heavy atom. The van der Waals surface area contributed by atoms with E-state index in [4.69, 9.17) is 5.11 Å². The first-order valence-corrected chi connectivity index (χ1v) is 7.29. The van der Waals surface area contributed by atoms with Crippen LogP contribution >= 0.6 is 0 Å². The molecule has 20 heavy (non-hydrogen) atoms. The quantitative estimate of drug-likeness (QED) is 0.650. The molecule has 0 aromatic rings. The predicted octanol–water partition coefficient (Wildman–Crippen LogP) is 2.04. The van der Waals surface area contributed by atoms with Crippen LogP contribution in [0.3, 0.4) is 0 Å². The molecule has 3 amide bonds. The lowest BCUT2D eigenvalue weighted by molar-refractivity contribution is -0.137. The van der Waals surface area contributed by atoms with E-state index in [0.717, 1.165) is 19.3 Å². The number of carboxylic acid groups (broad SMARTS) is 1. The largest absolute Gasteiger partial charge is 0.481 e. The summed E-state index contributed by atoms with van der Waals surface area (Å²) in [6, 6.07) is -0.286. The first kappa shape index (κ1) is 16.5. The van der Waals surface area contributed by atoms with Gasteiger partial charge in [-0.15, -0.1) is 0 Å². The average Bonchev–Trinajstić information content (AvgIpc) is 2.34. The van der Waals surface area contributed by atoms with Crippen molar-refractivity contribution in [2.45, 2.75) is 64.3 Å². The molecule has 0 saturated heterocycles. The standard InChI is InChI=1S/C14H24N2O4/c1-10-5-4-6-11(9-10)15-14(20)16-12(17)7-2-3-8-13(18)19/h10-11H,2-9H2,1H3,(H,18,19)(H2,15,16,17,20). The molecule has 1 fully saturated rings. The molecule has 1 saturated carbocycles. The van der Waals surface area contributed by atoms with Crippen LogP contribution in [0.5, 0.6) is 0 Å². The number of nitrogens with one attached hydrogen (secondary N) is 2. The molecule has 0 aliphatic heterocycles. The summed E-state index contributed by atoms with van der Waals surface area (Å²) in [6.07, 6.45) is 5.39. The Morgan fingerprint density at radius 3 is 2.50 bits per heavy atom. The molecule has 2 atom stereocenters. The van der Waals surface area contributed by atoms with Crippen molar-refractivity contribution in [2.75, 3.05) is 0 Å². The van der Waals surface area contributed by atoms with Crippen LogP contribution in [-0.2, 0) is 9.59 Å². The van der Waals surface area contributed by atoms with Crippen molar-refractivity contribution in [3.05, 3.63) is 0 Å². The lowest BCUT2D eigenvalue weighted by Gasteiger charge is -2.27. The fraction of sp³-hybridized carbons (Fsp3) is 0.786. The van der Waals surface area contributed by atoms with E-state index in [1.807, 2.05) is 0 Å². The Bertz CT molecular complexity index is 357. The smallest absolute Gasteiger partial charge is 0.321 e. The van der Waals surface area contributed by atoms with Gasteiger partial charge in [0.15, 0.2) is 0 Å². The Labute approximate surface area is 119 Å². The topological polar surface area (TPSA) is 95.5 Å². The highest BCUT2D eigenvalue weighted by Crippen LogP contribution is 2.23. The fourth-order valence-electron chi connectivity index (χ4n) is 2.54. The number of hydrogen-bond donors (Lipinski definition) is 3. The van der Waals surface area contributed by atoms with Gasteiger partial charge in [0, 0.05) is 18.9 Å². The highest BCUT2D eigenvalue weighted by atomic mass is 16.4. The monoisotopic (exact) mass is 284 g/mol. The summed E-state index contributed by atoms with van der Waals surface area (Å²) in [5.74, 6) is -0.605. The van der Waals surface area contributed by atoms with Gasteiger partial charge in [0.05, 0.1) is 0 Å². The van der Waals surface area contributed by atoms with Gasteiger partial charge in [-0.1, -0.05) is 19.8 Å². The molecule has 0 heterocycles. The number of carbonyl (C=O) groups is 3. The first-order valence-electron chi connectivity index (χ1n) is 7.29. The second-order valence-corrected chi connectivity index (χ2v) is 5.59. The number of urea groups is 1. The van der Waals surface area contributed by atoms with Crippen LogP contribution in [0, 0.1) is 5.92 Å². The molecule has 0 radical (unpaired) electrons. The highest BCUT2D eigenvalue weighted by Gasteiger charge is 2.20. The van der Waals surface area contributed by atoms with Crippen molar-refractivity contribution in [2.24, 2.45) is 5.92 Å². The third-order valence-corrected chi connectivity index (χ3v) is 3.57. The van der Waals surface area contributed by atoms with Crippen LogP contribution in [0.4, 0.5) is 4.79 Å². The van der Waals surface area contributed by atoms with Crippen molar-refractivity contribution in [3.63, 3.8) is 0 Å². The Morgan fingerprint density at radius 2 is 1.85 bits per heavy atom. The van der Waals surface area contributed by atoms with Crippen LogP contribution in [0.25, 0.3) is 0 Å². The molecule has 1 rings (SSSR count). The Kier molecular flexibility index (Phi) is 7.04. The molecule has 1 aliphatic carbocycles. The van der Waals surface area contributed by atoms with Gasteiger partial charge in [-0.05, 0) is 31.6 Å². The number of amides is 3. The van der Waals surface area contributed by atoms with Gasteiger partial charge >= 0.3 is 12.0 Å². The molecule has 0 bridgehead atoms. The zero-order valence-corrected chi connectivity index (χ0v) is 12.0. The summed E-state index contributed by atoms with van der Waals surface area (Å²) in [5, 5.41) is 13.6. The van der Waals surface area contributed by atoms with Crippen LogP contribution < -0.4 is 10.6 Å². The Hall–Kier alpha value is -1.59. The summed E-state index contributed by atoms with van der Waals surface area (Å²) in [6.45, 7) is 2.17.